The Hall–Kier alpha value is -3.52. The smallest absolute Gasteiger partial charge is 0.248 e. The minimum atomic E-state index is -2.50. The summed E-state index contributed by atoms with van der Waals surface area (Å²) in [7, 11) is 0. The van der Waals surface area contributed by atoms with E-state index in [1.165, 1.54) is 12.3 Å². The van der Waals surface area contributed by atoms with Crippen LogP contribution in [0.1, 0.15) is 69.0 Å². The highest BCUT2D eigenvalue weighted by Gasteiger charge is 2.36. The Bertz CT molecular complexity index is 1200. The number of hydrogen-bond donors (Lipinski definition) is 1. The van der Waals surface area contributed by atoms with Crippen molar-refractivity contribution in [3.05, 3.63) is 59.2 Å². The average Bonchev–Trinajstić information content (AvgIpc) is 3.13. The summed E-state index contributed by atoms with van der Waals surface area (Å²) in [5.74, 6) is -1.85. The summed E-state index contributed by atoms with van der Waals surface area (Å²) in [6.45, 7) is 6.33. The zero-order valence-corrected chi connectivity index (χ0v) is 19.1. The Morgan fingerprint density at radius 3 is 2.30 bits per heavy atom. The van der Waals surface area contributed by atoms with E-state index in [1.54, 1.807) is 18.2 Å². The Labute approximate surface area is 192 Å². The molecule has 1 saturated carbocycles. The number of hydrogen-bond acceptors (Lipinski definition) is 5. The second-order valence-electron chi connectivity index (χ2n) is 9.50. The molecule has 0 amide bonds. The maximum atomic E-state index is 13.4. The van der Waals surface area contributed by atoms with Crippen molar-refractivity contribution in [1.29, 1.82) is 10.5 Å². The quantitative estimate of drug-likeness (QED) is 0.562. The zero-order chi connectivity index (χ0) is 24.2. The number of nitrogens with two attached hydrogens (primary N) is 1. The molecule has 3 aromatic rings. The summed E-state index contributed by atoms with van der Waals surface area (Å²) in [5.41, 5.74) is 9.11. The molecular weight excluding hydrogens is 422 g/mol. The number of fused-ring (bicyclic) bond motifs is 1. The molecule has 1 aliphatic carbocycles. The number of nitriles is 2. The van der Waals surface area contributed by atoms with Crippen LogP contribution < -0.4 is 5.73 Å². The van der Waals surface area contributed by atoms with Crippen molar-refractivity contribution >= 4 is 11.5 Å². The fourth-order valence-electron chi connectivity index (χ4n) is 4.06. The van der Waals surface area contributed by atoms with Gasteiger partial charge in [0.05, 0.1) is 29.0 Å². The van der Waals surface area contributed by atoms with Crippen LogP contribution in [-0.4, -0.2) is 20.3 Å². The van der Waals surface area contributed by atoms with E-state index in [1.807, 2.05) is 16.7 Å². The van der Waals surface area contributed by atoms with Gasteiger partial charge in [0.25, 0.3) is 0 Å². The van der Waals surface area contributed by atoms with Gasteiger partial charge in [-0.1, -0.05) is 20.8 Å². The summed E-state index contributed by atoms with van der Waals surface area (Å²) in [5, 5.41) is 17.4. The van der Waals surface area contributed by atoms with Crippen molar-refractivity contribution in [2.45, 2.75) is 64.2 Å². The fraction of sp³-hybridized carbons (Fsp3) is 0.440. The molecular formula is C25H28F2N6. The summed E-state index contributed by atoms with van der Waals surface area (Å²) < 4.78 is 28.8. The van der Waals surface area contributed by atoms with Crippen LogP contribution in [-0.2, 0) is 11.8 Å². The second-order valence-corrected chi connectivity index (χ2v) is 9.50. The first-order valence-corrected chi connectivity index (χ1v) is 10.9. The molecule has 6 nitrogen and oxygen atoms in total. The van der Waals surface area contributed by atoms with Gasteiger partial charge in [0, 0.05) is 36.3 Å². The molecule has 2 N–H and O–H groups in total. The molecule has 8 heteroatoms. The van der Waals surface area contributed by atoms with Crippen molar-refractivity contribution in [3.63, 3.8) is 0 Å². The largest absolute Gasteiger partial charge is 0.384 e. The van der Waals surface area contributed by atoms with Crippen LogP contribution in [0.3, 0.4) is 0 Å². The molecule has 0 saturated heterocycles. The standard InChI is InChI=1S/C19H23F2N3.C6H5N3/c1-18(2,3)17-15(10-13-4-7-19(20,21)8-5-13)24-9-6-14(12-22)11-16(24)23-17;7-4-5-1-2-9-6(8)3-5/h6,9,11,13H,4-5,7-8,10H2,1-3H3;1-3H,(H2,8,9). The monoisotopic (exact) mass is 450 g/mol. The molecule has 0 unspecified atom stereocenters. The highest BCUT2D eigenvalue weighted by atomic mass is 19.3. The van der Waals surface area contributed by atoms with Crippen molar-refractivity contribution in [2.24, 2.45) is 5.92 Å². The number of pyridine rings is 2. The van der Waals surface area contributed by atoms with Gasteiger partial charge >= 0.3 is 0 Å². The van der Waals surface area contributed by atoms with E-state index in [9.17, 15) is 8.78 Å². The zero-order valence-electron chi connectivity index (χ0n) is 19.1. The Kier molecular flexibility index (Phi) is 6.98. The topological polar surface area (TPSA) is 104 Å². The number of aromatic nitrogens is 3. The van der Waals surface area contributed by atoms with Crippen LogP contribution in [0.5, 0.6) is 0 Å². The Balaban J connectivity index is 0.000000286. The third-order valence-corrected chi connectivity index (χ3v) is 5.79. The highest BCUT2D eigenvalue weighted by molar-refractivity contribution is 5.50. The number of alkyl halides is 2. The lowest BCUT2D eigenvalue weighted by Crippen LogP contribution is -2.26. The van der Waals surface area contributed by atoms with Gasteiger partial charge in [0.1, 0.15) is 11.5 Å². The molecule has 0 aliphatic heterocycles. The van der Waals surface area contributed by atoms with Crippen molar-refractivity contribution in [2.75, 3.05) is 5.73 Å². The van der Waals surface area contributed by atoms with Gasteiger partial charge in [-0.3, -0.25) is 0 Å². The van der Waals surface area contributed by atoms with Crippen LogP contribution >= 0.6 is 0 Å². The minimum absolute atomic E-state index is 0.0160. The number of anilines is 1. The van der Waals surface area contributed by atoms with Gasteiger partial charge in [-0.05, 0) is 49.4 Å². The van der Waals surface area contributed by atoms with Gasteiger partial charge in [-0.15, -0.1) is 0 Å². The van der Waals surface area contributed by atoms with Gasteiger partial charge < -0.3 is 10.1 Å². The number of halogens is 2. The molecule has 33 heavy (non-hydrogen) atoms. The molecule has 0 spiro atoms. The van der Waals surface area contributed by atoms with Gasteiger partial charge in [-0.2, -0.15) is 10.5 Å². The summed E-state index contributed by atoms with van der Waals surface area (Å²) in [4.78, 5) is 8.46. The van der Waals surface area contributed by atoms with Crippen molar-refractivity contribution in [1.82, 2.24) is 14.4 Å². The molecule has 172 valence electrons. The van der Waals surface area contributed by atoms with E-state index in [0.717, 1.165) is 23.5 Å². The van der Waals surface area contributed by atoms with Crippen LogP contribution in [0, 0.1) is 28.6 Å². The Morgan fingerprint density at radius 1 is 1.12 bits per heavy atom. The Morgan fingerprint density at radius 2 is 1.76 bits per heavy atom. The van der Waals surface area contributed by atoms with Crippen LogP contribution in [0.25, 0.3) is 5.65 Å². The molecule has 0 radical (unpaired) electrons. The third-order valence-electron chi connectivity index (χ3n) is 5.79. The first-order valence-electron chi connectivity index (χ1n) is 10.9. The lowest BCUT2D eigenvalue weighted by atomic mass is 9.81. The van der Waals surface area contributed by atoms with E-state index in [-0.39, 0.29) is 24.2 Å². The van der Waals surface area contributed by atoms with Gasteiger partial charge in [-0.25, -0.2) is 18.7 Å². The fourth-order valence-corrected chi connectivity index (χ4v) is 4.06. The number of rotatable bonds is 2. The van der Waals surface area contributed by atoms with E-state index >= 15 is 0 Å². The van der Waals surface area contributed by atoms with Crippen LogP contribution in [0.15, 0.2) is 36.7 Å². The number of nitrogen functional groups attached to an aromatic ring is 1. The first kappa shape index (κ1) is 24.1. The average molecular weight is 451 g/mol. The normalized spacial score (nSPS) is 15.8. The number of nitrogens with zero attached hydrogens (tertiary/aromatic N) is 5. The maximum Gasteiger partial charge on any atom is 0.248 e. The lowest BCUT2D eigenvalue weighted by Gasteiger charge is -2.29. The lowest BCUT2D eigenvalue weighted by molar-refractivity contribution is -0.0457. The predicted molar refractivity (Wildman–Crippen MR) is 123 cm³/mol. The molecule has 0 bridgehead atoms. The van der Waals surface area contributed by atoms with Crippen LogP contribution in [0.2, 0.25) is 0 Å². The molecule has 4 rings (SSSR count). The third kappa shape index (κ3) is 6.04. The summed E-state index contributed by atoms with van der Waals surface area (Å²) in [6, 6.07) is 10.8. The van der Waals surface area contributed by atoms with E-state index in [0.29, 0.717) is 29.8 Å². The van der Waals surface area contributed by atoms with Gasteiger partial charge in [0.15, 0.2) is 0 Å². The molecule has 1 fully saturated rings. The molecule has 3 heterocycles. The maximum absolute atomic E-state index is 13.4. The van der Waals surface area contributed by atoms with Gasteiger partial charge in [0.2, 0.25) is 5.92 Å². The molecule has 0 aromatic carbocycles. The highest BCUT2D eigenvalue weighted by Crippen LogP contribution is 2.38. The van der Waals surface area contributed by atoms with Crippen molar-refractivity contribution in [3.8, 4) is 12.1 Å². The second kappa shape index (κ2) is 9.54. The van der Waals surface area contributed by atoms with E-state index < -0.39 is 5.92 Å². The predicted octanol–water partition coefficient (Wildman–Crippen LogP) is 5.41. The molecule has 1 aliphatic rings. The van der Waals surface area contributed by atoms with E-state index in [2.05, 4.69) is 31.8 Å². The number of imidazole rings is 1. The van der Waals surface area contributed by atoms with Crippen LogP contribution in [0.4, 0.5) is 14.6 Å². The first-order chi connectivity index (χ1) is 15.5. The minimum Gasteiger partial charge on any atom is -0.384 e. The molecule has 3 aromatic heterocycles. The van der Waals surface area contributed by atoms with E-state index in [4.69, 9.17) is 21.2 Å². The van der Waals surface area contributed by atoms with Crippen molar-refractivity contribution < 1.29 is 8.78 Å². The summed E-state index contributed by atoms with van der Waals surface area (Å²) in [6.07, 6.45) is 5.22. The molecule has 0 atom stereocenters. The summed E-state index contributed by atoms with van der Waals surface area (Å²) >= 11 is 0. The SMILES string of the molecule is CC(C)(C)c1nc2cc(C#N)ccn2c1CC1CCC(F)(F)CC1.N#Cc1ccnc(N)c1.